The van der Waals surface area contributed by atoms with E-state index in [9.17, 15) is 9.90 Å². The van der Waals surface area contributed by atoms with E-state index in [0.717, 1.165) is 31.6 Å². The molecular formula is C17H27N3O2. The van der Waals surface area contributed by atoms with Gasteiger partial charge in [-0.1, -0.05) is 19.3 Å². The van der Waals surface area contributed by atoms with Crippen LogP contribution in [-0.4, -0.2) is 39.2 Å². The Morgan fingerprint density at radius 3 is 2.64 bits per heavy atom. The molecule has 0 spiro atoms. The minimum Gasteiger partial charge on any atom is -0.465 e. The highest BCUT2D eigenvalue weighted by atomic mass is 16.4. The minimum atomic E-state index is -0.759. The lowest BCUT2D eigenvalue weighted by Gasteiger charge is -2.48. The van der Waals surface area contributed by atoms with Crippen LogP contribution >= 0.6 is 0 Å². The average Bonchev–Trinajstić information content (AvgIpc) is 3.08. The molecule has 5 nitrogen and oxygen atoms in total. The first-order valence-electron chi connectivity index (χ1n) is 8.65. The normalized spacial score (nSPS) is 22.6. The molecule has 0 unspecified atom stereocenters. The maximum absolute atomic E-state index is 11.2. The van der Waals surface area contributed by atoms with E-state index < -0.39 is 6.09 Å². The lowest BCUT2D eigenvalue weighted by molar-refractivity contribution is 0.0244. The van der Waals surface area contributed by atoms with Gasteiger partial charge in [0.15, 0.2) is 0 Å². The number of likely N-dealkylation sites (tertiary alicyclic amines) is 1. The van der Waals surface area contributed by atoms with E-state index in [1.165, 1.54) is 37.8 Å². The van der Waals surface area contributed by atoms with Crippen molar-refractivity contribution in [1.29, 1.82) is 0 Å². The Morgan fingerprint density at radius 1 is 1.32 bits per heavy atom. The molecule has 2 N–H and O–H groups in total. The molecule has 1 amide bonds. The van der Waals surface area contributed by atoms with Gasteiger partial charge in [0.25, 0.3) is 0 Å². The second kappa shape index (κ2) is 6.71. The fourth-order valence-electron chi connectivity index (χ4n) is 4.53. The molecule has 1 aromatic heterocycles. The van der Waals surface area contributed by atoms with Gasteiger partial charge in [-0.15, -0.1) is 0 Å². The Balaban J connectivity index is 1.69. The summed E-state index contributed by atoms with van der Waals surface area (Å²) in [5.74, 6) is 0.778. The Hall–Kier alpha value is -1.52. The van der Waals surface area contributed by atoms with E-state index in [1.54, 1.807) is 11.2 Å². The highest BCUT2D eigenvalue weighted by Crippen LogP contribution is 2.48. The zero-order valence-electron chi connectivity index (χ0n) is 13.3. The van der Waals surface area contributed by atoms with Crippen molar-refractivity contribution in [3.8, 4) is 0 Å². The van der Waals surface area contributed by atoms with Crippen molar-refractivity contribution in [2.45, 2.75) is 57.8 Å². The largest absolute Gasteiger partial charge is 0.465 e. The zero-order valence-corrected chi connectivity index (χ0v) is 13.3. The Labute approximate surface area is 132 Å². The van der Waals surface area contributed by atoms with Gasteiger partial charge in [-0.2, -0.15) is 0 Å². The Bertz CT molecular complexity index is 472. The molecule has 3 rings (SSSR count). The molecule has 0 radical (unpaired) electrons. The van der Waals surface area contributed by atoms with Crippen molar-refractivity contribution in [3.05, 3.63) is 18.2 Å². The van der Waals surface area contributed by atoms with Crippen LogP contribution in [0.4, 0.5) is 4.79 Å². The summed E-state index contributed by atoms with van der Waals surface area (Å²) in [5, 5.41) is 9.21. The van der Waals surface area contributed by atoms with Gasteiger partial charge in [0.2, 0.25) is 0 Å². The topological polar surface area (TPSA) is 69.2 Å². The quantitative estimate of drug-likeness (QED) is 0.891. The van der Waals surface area contributed by atoms with E-state index in [2.05, 4.69) is 9.97 Å². The zero-order chi connectivity index (χ0) is 15.4. The molecule has 0 aromatic carbocycles. The van der Waals surface area contributed by atoms with Crippen molar-refractivity contribution in [2.75, 3.05) is 13.1 Å². The fraction of sp³-hybridized carbons (Fsp3) is 0.765. The minimum absolute atomic E-state index is 0.331. The van der Waals surface area contributed by atoms with Crippen LogP contribution in [0, 0.1) is 11.3 Å². The lowest BCUT2D eigenvalue weighted by Crippen LogP contribution is -2.46. The standard InChI is InChI=1S/C17H27N3O2/c21-16(22)20-10-8-17(9-11-20,14-4-2-1-3-5-14)7-6-15-12-18-13-19-15/h12-14H,1-11H2,(H,18,19)(H,21,22). The van der Waals surface area contributed by atoms with Crippen LogP contribution in [0.2, 0.25) is 0 Å². The number of carboxylic acid groups (broad SMARTS) is 1. The number of amides is 1. The van der Waals surface area contributed by atoms with Gasteiger partial charge in [0, 0.05) is 25.0 Å². The smallest absolute Gasteiger partial charge is 0.407 e. The number of aromatic amines is 1. The molecule has 2 heterocycles. The third kappa shape index (κ3) is 3.28. The summed E-state index contributed by atoms with van der Waals surface area (Å²) in [4.78, 5) is 20.1. The van der Waals surface area contributed by atoms with Gasteiger partial charge in [-0.25, -0.2) is 9.78 Å². The number of rotatable bonds is 4. The van der Waals surface area contributed by atoms with Crippen LogP contribution < -0.4 is 0 Å². The maximum Gasteiger partial charge on any atom is 0.407 e. The van der Waals surface area contributed by atoms with Crippen molar-refractivity contribution in [1.82, 2.24) is 14.9 Å². The summed E-state index contributed by atoms with van der Waals surface area (Å²) in [6, 6.07) is 0. The van der Waals surface area contributed by atoms with Crippen LogP contribution in [0.5, 0.6) is 0 Å². The molecule has 1 aliphatic carbocycles. The Morgan fingerprint density at radius 2 is 2.05 bits per heavy atom. The van der Waals surface area contributed by atoms with Gasteiger partial charge in [0.1, 0.15) is 0 Å². The van der Waals surface area contributed by atoms with Crippen molar-refractivity contribution in [3.63, 3.8) is 0 Å². The Kier molecular flexibility index (Phi) is 4.69. The number of H-pyrrole nitrogens is 1. The monoisotopic (exact) mass is 305 g/mol. The van der Waals surface area contributed by atoms with Gasteiger partial charge in [0.05, 0.1) is 6.33 Å². The van der Waals surface area contributed by atoms with Crippen molar-refractivity contribution in [2.24, 2.45) is 11.3 Å². The number of nitrogens with zero attached hydrogens (tertiary/aromatic N) is 2. The van der Waals surface area contributed by atoms with E-state index >= 15 is 0 Å². The highest BCUT2D eigenvalue weighted by molar-refractivity contribution is 5.65. The van der Waals surface area contributed by atoms with Crippen LogP contribution in [-0.2, 0) is 6.42 Å². The first-order chi connectivity index (χ1) is 10.7. The summed E-state index contributed by atoms with van der Waals surface area (Å²) in [7, 11) is 0. The van der Waals surface area contributed by atoms with Crippen LogP contribution in [0.15, 0.2) is 12.5 Å². The van der Waals surface area contributed by atoms with Crippen LogP contribution in [0.25, 0.3) is 0 Å². The van der Waals surface area contributed by atoms with Crippen LogP contribution in [0.1, 0.15) is 57.1 Å². The first-order valence-corrected chi connectivity index (χ1v) is 8.65. The predicted molar refractivity (Wildman–Crippen MR) is 84.7 cm³/mol. The number of nitrogens with one attached hydrogen (secondary N) is 1. The summed E-state index contributed by atoms with van der Waals surface area (Å²) in [5.41, 5.74) is 1.54. The van der Waals surface area contributed by atoms with Crippen molar-refractivity contribution < 1.29 is 9.90 Å². The SMILES string of the molecule is O=C(O)N1CCC(CCc2cnc[nH]2)(C2CCCCC2)CC1. The summed E-state index contributed by atoms with van der Waals surface area (Å²) < 4.78 is 0. The molecule has 22 heavy (non-hydrogen) atoms. The van der Waals surface area contributed by atoms with Crippen molar-refractivity contribution >= 4 is 6.09 Å². The molecule has 0 bridgehead atoms. The highest BCUT2D eigenvalue weighted by Gasteiger charge is 2.42. The van der Waals surface area contributed by atoms with E-state index in [0.29, 0.717) is 18.5 Å². The molecule has 5 heteroatoms. The predicted octanol–water partition coefficient (Wildman–Crippen LogP) is 3.68. The summed E-state index contributed by atoms with van der Waals surface area (Å²) in [6.45, 7) is 1.41. The first kappa shape index (κ1) is 15.4. The molecular weight excluding hydrogens is 278 g/mol. The average molecular weight is 305 g/mol. The van der Waals surface area contributed by atoms with Gasteiger partial charge in [-0.05, 0) is 49.9 Å². The molecule has 0 atom stereocenters. The van der Waals surface area contributed by atoms with Gasteiger partial charge in [-0.3, -0.25) is 0 Å². The van der Waals surface area contributed by atoms with Gasteiger partial charge < -0.3 is 15.0 Å². The van der Waals surface area contributed by atoms with E-state index in [-0.39, 0.29) is 0 Å². The molecule has 1 saturated heterocycles. The molecule has 2 aliphatic rings. The second-order valence-electron chi connectivity index (χ2n) is 7.04. The number of imidazole rings is 1. The number of aryl methyl sites for hydroxylation is 1. The molecule has 2 fully saturated rings. The number of hydrogen-bond donors (Lipinski definition) is 2. The summed E-state index contributed by atoms with van der Waals surface area (Å²) >= 11 is 0. The number of piperidine rings is 1. The van der Waals surface area contributed by atoms with E-state index in [1.807, 2.05) is 6.20 Å². The second-order valence-corrected chi connectivity index (χ2v) is 7.04. The number of aromatic nitrogens is 2. The number of carbonyl (C=O) groups is 1. The van der Waals surface area contributed by atoms with Gasteiger partial charge >= 0.3 is 6.09 Å². The molecule has 1 aliphatic heterocycles. The third-order valence-electron chi connectivity index (χ3n) is 5.95. The molecule has 1 saturated carbocycles. The third-order valence-corrected chi connectivity index (χ3v) is 5.95. The molecule has 122 valence electrons. The fourth-order valence-corrected chi connectivity index (χ4v) is 4.53. The van der Waals surface area contributed by atoms with Crippen LogP contribution in [0.3, 0.4) is 0 Å². The molecule has 1 aromatic rings. The van der Waals surface area contributed by atoms with E-state index in [4.69, 9.17) is 0 Å². The summed E-state index contributed by atoms with van der Waals surface area (Å²) in [6.07, 6.45) is 13.9. The maximum atomic E-state index is 11.2. The lowest BCUT2D eigenvalue weighted by atomic mass is 9.61. The number of hydrogen-bond acceptors (Lipinski definition) is 2.